The van der Waals surface area contributed by atoms with Crippen LogP contribution in [-0.4, -0.2) is 11.9 Å². The number of rotatable bonds is 3. The van der Waals surface area contributed by atoms with Crippen molar-refractivity contribution in [2.75, 3.05) is 5.32 Å². The Kier molecular flexibility index (Phi) is 6.13. The first kappa shape index (κ1) is 15.9. The van der Waals surface area contributed by atoms with Crippen LogP contribution in [0.5, 0.6) is 0 Å². The fourth-order valence-corrected chi connectivity index (χ4v) is 1.22. The number of benzene rings is 1. The molecule has 3 N–H and O–H groups in total. The van der Waals surface area contributed by atoms with Crippen LogP contribution in [0.1, 0.15) is 19.4 Å². The summed E-state index contributed by atoms with van der Waals surface area (Å²) in [6.45, 7) is 5.19. The minimum Gasteiger partial charge on any atom is -0.327 e. The molecule has 5 heteroatoms. The molecule has 0 aliphatic carbocycles. The lowest BCUT2D eigenvalue weighted by Gasteiger charge is -2.15. The van der Waals surface area contributed by atoms with E-state index in [4.69, 9.17) is 5.73 Å². The number of amides is 1. The highest BCUT2D eigenvalue weighted by molar-refractivity contribution is 5.92. The van der Waals surface area contributed by atoms with Gasteiger partial charge in [0.25, 0.3) is 0 Å². The molecule has 0 heterocycles. The predicted molar refractivity (Wildman–Crippen MR) is 69.8 cm³/mol. The van der Waals surface area contributed by atoms with Crippen LogP contribution in [0.15, 0.2) is 18.2 Å². The molecule has 0 radical (unpaired) electrons. The van der Waals surface area contributed by atoms with Gasteiger partial charge in [-0.05, 0) is 37.6 Å². The minimum atomic E-state index is -0.279. The number of aryl methyl sites for hydroxylation is 1. The molecule has 0 bridgehead atoms. The lowest BCUT2D eigenvalue weighted by Crippen LogP contribution is -2.34. The molecule has 0 aliphatic heterocycles. The molecule has 1 aromatic rings. The van der Waals surface area contributed by atoms with E-state index in [1.54, 1.807) is 26.8 Å². The summed E-state index contributed by atoms with van der Waals surface area (Å²) < 4.78 is 13.0. The number of hydrogen-bond donors (Lipinski definition) is 2. The number of halogens is 2. The number of carbonyl (C=O) groups excluding carboxylic acids is 1. The Bertz CT molecular complexity index is 396. The second-order valence-electron chi connectivity index (χ2n) is 4.10. The molecule has 0 fully saturated rings. The minimum absolute atomic E-state index is 0. The highest BCUT2D eigenvalue weighted by Gasteiger charge is 2.17. The molecule has 17 heavy (non-hydrogen) atoms. The average Bonchev–Trinajstić information content (AvgIpc) is 2.22. The van der Waals surface area contributed by atoms with E-state index in [1.807, 2.05) is 0 Å². The van der Waals surface area contributed by atoms with E-state index in [9.17, 15) is 9.18 Å². The third kappa shape index (κ3) is 4.32. The van der Waals surface area contributed by atoms with Crippen molar-refractivity contribution in [3.05, 3.63) is 29.6 Å². The molecular formula is C12H18ClFN2O. The highest BCUT2D eigenvalue weighted by Crippen LogP contribution is 2.15. The monoisotopic (exact) mass is 260 g/mol. The summed E-state index contributed by atoms with van der Waals surface area (Å²) in [7, 11) is 0. The topological polar surface area (TPSA) is 55.1 Å². The molecule has 0 saturated carbocycles. The van der Waals surface area contributed by atoms with Crippen LogP contribution in [0.25, 0.3) is 0 Å². The molecule has 0 aromatic heterocycles. The number of carbonyl (C=O) groups is 1. The zero-order chi connectivity index (χ0) is 12.3. The molecule has 0 aliphatic rings. The van der Waals surface area contributed by atoms with Gasteiger partial charge in [-0.1, -0.05) is 6.92 Å². The van der Waals surface area contributed by atoms with Crippen LogP contribution >= 0.6 is 12.4 Å². The van der Waals surface area contributed by atoms with Crippen LogP contribution in [-0.2, 0) is 4.79 Å². The van der Waals surface area contributed by atoms with Gasteiger partial charge in [0.05, 0.1) is 5.92 Å². The second kappa shape index (κ2) is 6.57. The molecule has 96 valence electrons. The van der Waals surface area contributed by atoms with E-state index in [0.29, 0.717) is 11.3 Å². The van der Waals surface area contributed by atoms with Crippen molar-refractivity contribution in [2.45, 2.75) is 26.8 Å². The van der Waals surface area contributed by atoms with Crippen molar-refractivity contribution >= 4 is 24.0 Å². The van der Waals surface area contributed by atoms with E-state index in [1.165, 1.54) is 12.1 Å². The van der Waals surface area contributed by atoms with Gasteiger partial charge in [0, 0.05) is 11.7 Å². The smallest absolute Gasteiger partial charge is 0.228 e. The van der Waals surface area contributed by atoms with Gasteiger partial charge in [-0.15, -0.1) is 12.4 Å². The molecule has 2 unspecified atom stereocenters. The SMILES string of the molecule is Cc1cc(NC(=O)C(C)C(C)N)ccc1F.Cl. The van der Waals surface area contributed by atoms with Crippen LogP contribution in [0, 0.1) is 18.7 Å². The van der Waals surface area contributed by atoms with Gasteiger partial charge < -0.3 is 11.1 Å². The maximum atomic E-state index is 13.0. The van der Waals surface area contributed by atoms with Crippen molar-refractivity contribution in [3.63, 3.8) is 0 Å². The van der Waals surface area contributed by atoms with Gasteiger partial charge in [0.2, 0.25) is 5.91 Å². The summed E-state index contributed by atoms with van der Waals surface area (Å²) in [6, 6.07) is 4.26. The Labute approximate surface area is 107 Å². The van der Waals surface area contributed by atoms with Gasteiger partial charge in [0.15, 0.2) is 0 Å². The Morgan fingerprint density at radius 1 is 1.41 bits per heavy atom. The molecule has 1 amide bonds. The van der Waals surface area contributed by atoms with Crippen LogP contribution in [0.4, 0.5) is 10.1 Å². The normalized spacial score (nSPS) is 13.5. The third-order valence-electron chi connectivity index (χ3n) is 2.63. The summed E-state index contributed by atoms with van der Waals surface area (Å²) >= 11 is 0. The maximum Gasteiger partial charge on any atom is 0.228 e. The van der Waals surface area contributed by atoms with Crippen molar-refractivity contribution in [1.82, 2.24) is 0 Å². The first-order chi connectivity index (χ1) is 7.41. The number of nitrogens with one attached hydrogen (secondary N) is 1. The standard InChI is InChI=1S/C12H17FN2O.ClH/c1-7-6-10(4-5-11(7)13)15-12(16)8(2)9(3)14;/h4-6,8-9H,14H2,1-3H3,(H,15,16);1H. The van der Waals surface area contributed by atoms with E-state index < -0.39 is 0 Å². The third-order valence-corrected chi connectivity index (χ3v) is 2.63. The molecule has 2 atom stereocenters. The lowest BCUT2D eigenvalue weighted by molar-refractivity contribution is -0.119. The van der Waals surface area contributed by atoms with Gasteiger partial charge >= 0.3 is 0 Å². The average molecular weight is 261 g/mol. The quantitative estimate of drug-likeness (QED) is 0.877. The second-order valence-corrected chi connectivity index (χ2v) is 4.10. The first-order valence-electron chi connectivity index (χ1n) is 5.24. The summed E-state index contributed by atoms with van der Waals surface area (Å²) in [6.07, 6.45) is 0. The zero-order valence-electron chi connectivity index (χ0n) is 10.2. The summed E-state index contributed by atoms with van der Waals surface area (Å²) in [5, 5.41) is 2.71. The Hall–Kier alpha value is -1.13. The van der Waals surface area contributed by atoms with E-state index in [-0.39, 0.29) is 36.1 Å². The van der Waals surface area contributed by atoms with Crippen LogP contribution in [0.3, 0.4) is 0 Å². The van der Waals surface area contributed by atoms with E-state index >= 15 is 0 Å². The van der Waals surface area contributed by atoms with Crippen LogP contribution in [0.2, 0.25) is 0 Å². The summed E-state index contributed by atoms with van der Waals surface area (Å²) in [5.74, 6) is -0.704. The largest absolute Gasteiger partial charge is 0.327 e. The molecule has 1 aromatic carbocycles. The number of anilines is 1. The molecule has 3 nitrogen and oxygen atoms in total. The maximum absolute atomic E-state index is 13.0. The van der Waals surface area contributed by atoms with Crippen molar-refractivity contribution in [3.8, 4) is 0 Å². The van der Waals surface area contributed by atoms with Gasteiger partial charge in [0.1, 0.15) is 5.82 Å². The Morgan fingerprint density at radius 2 is 2.00 bits per heavy atom. The van der Waals surface area contributed by atoms with Gasteiger partial charge in [-0.2, -0.15) is 0 Å². The highest BCUT2D eigenvalue weighted by atomic mass is 35.5. The fraction of sp³-hybridized carbons (Fsp3) is 0.417. The van der Waals surface area contributed by atoms with Crippen molar-refractivity contribution in [2.24, 2.45) is 11.7 Å². The summed E-state index contributed by atoms with van der Waals surface area (Å²) in [5.41, 5.74) is 6.72. The van der Waals surface area contributed by atoms with Crippen molar-refractivity contribution in [1.29, 1.82) is 0 Å². The zero-order valence-corrected chi connectivity index (χ0v) is 11.0. The first-order valence-corrected chi connectivity index (χ1v) is 5.24. The van der Waals surface area contributed by atoms with E-state index in [2.05, 4.69) is 5.32 Å². The molecular weight excluding hydrogens is 243 g/mol. The molecule has 0 saturated heterocycles. The van der Waals surface area contributed by atoms with Crippen LogP contribution < -0.4 is 11.1 Å². The summed E-state index contributed by atoms with van der Waals surface area (Å²) in [4.78, 5) is 11.7. The molecule has 1 rings (SSSR count). The fourth-order valence-electron chi connectivity index (χ4n) is 1.22. The lowest BCUT2D eigenvalue weighted by atomic mass is 10.0. The Morgan fingerprint density at radius 3 is 2.47 bits per heavy atom. The molecule has 0 spiro atoms. The Balaban J connectivity index is 0.00000256. The predicted octanol–water partition coefficient (Wildman–Crippen LogP) is 2.48. The number of nitrogens with two attached hydrogens (primary N) is 1. The van der Waals surface area contributed by atoms with E-state index in [0.717, 1.165) is 0 Å². The number of hydrogen-bond acceptors (Lipinski definition) is 2. The van der Waals surface area contributed by atoms with Crippen molar-refractivity contribution < 1.29 is 9.18 Å². The van der Waals surface area contributed by atoms with Gasteiger partial charge in [-0.25, -0.2) is 4.39 Å². The van der Waals surface area contributed by atoms with Gasteiger partial charge in [-0.3, -0.25) is 4.79 Å².